The zero-order valence-corrected chi connectivity index (χ0v) is 34.2. The van der Waals surface area contributed by atoms with Gasteiger partial charge in [-0.1, -0.05) is 25.0 Å². The Morgan fingerprint density at radius 2 is 1.84 bits per heavy atom. The first kappa shape index (κ1) is 39.8. The van der Waals surface area contributed by atoms with E-state index in [1.165, 1.54) is 16.2 Å². The van der Waals surface area contributed by atoms with Gasteiger partial charge in [-0.2, -0.15) is 0 Å². The number of rotatable bonds is 9. The van der Waals surface area contributed by atoms with Crippen molar-refractivity contribution in [1.82, 2.24) is 25.5 Å². The second kappa shape index (κ2) is 17.0. The molecule has 4 heterocycles. The van der Waals surface area contributed by atoms with Gasteiger partial charge in [0, 0.05) is 35.2 Å². The molecule has 56 heavy (non-hydrogen) atoms. The number of thiazole rings is 1. The minimum absolute atomic E-state index is 0.0196. The van der Waals surface area contributed by atoms with Crippen molar-refractivity contribution in [3.8, 4) is 22.9 Å². The number of carboxylic acid groups (broad SMARTS) is 1. The molecule has 14 nitrogen and oxygen atoms in total. The van der Waals surface area contributed by atoms with E-state index in [1.807, 2.05) is 37.4 Å². The van der Waals surface area contributed by atoms with Crippen LogP contribution >= 0.6 is 27.3 Å². The lowest BCUT2D eigenvalue weighted by molar-refractivity contribution is -0.145. The Balaban J connectivity index is 1.22. The molecule has 0 bridgehead atoms. The van der Waals surface area contributed by atoms with Gasteiger partial charge in [-0.3, -0.25) is 9.59 Å². The van der Waals surface area contributed by atoms with Gasteiger partial charge < -0.3 is 40.2 Å². The molecule has 0 spiro atoms. The molecule has 1 saturated heterocycles. The maximum absolute atomic E-state index is 14.6. The molecule has 4 N–H and O–H groups in total. The van der Waals surface area contributed by atoms with Crippen molar-refractivity contribution in [1.29, 1.82) is 0 Å². The van der Waals surface area contributed by atoms with Gasteiger partial charge >= 0.3 is 12.1 Å². The fourth-order valence-electron chi connectivity index (χ4n) is 7.96. The second-order valence-electron chi connectivity index (χ2n) is 15.5. The fourth-order valence-corrected chi connectivity index (χ4v) is 9.41. The Morgan fingerprint density at radius 1 is 1.05 bits per heavy atom. The largest absolute Gasteiger partial charge is 0.495 e. The van der Waals surface area contributed by atoms with Crippen molar-refractivity contribution in [2.45, 2.75) is 120 Å². The van der Waals surface area contributed by atoms with Crippen molar-refractivity contribution in [3.63, 3.8) is 0 Å². The van der Waals surface area contributed by atoms with Crippen LogP contribution in [0.1, 0.15) is 84.5 Å². The van der Waals surface area contributed by atoms with Gasteiger partial charge in [0.15, 0.2) is 5.13 Å². The lowest BCUT2D eigenvalue weighted by Gasteiger charge is -2.29. The highest BCUT2D eigenvalue weighted by Crippen LogP contribution is 2.46. The molecule has 0 radical (unpaired) electrons. The Kier molecular flexibility index (Phi) is 12.1. The van der Waals surface area contributed by atoms with E-state index in [2.05, 4.69) is 31.9 Å². The number of halogens is 1. The number of ether oxygens (including phenoxy) is 3. The molecule has 3 aromatic rings. The summed E-state index contributed by atoms with van der Waals surface area (Å²) < 4.78 is 18.6. The molecule has 300 valence electrons. The molecular formula is C40H49BrN6O8S. The number of hydrogen-bond acceptors (Lipinski definition) is 11. The molecule has 16 heteroatoms. The van der Waals surface area contributed by atoms with Crippen LogP contribution < -0.4 is 25.4 Å². The molecule has 2 aliphatic carbocycles. The number of pyridine rings is 1. The van der Waals surface area contributed by atoms with Crippen LogP contribution in [0.5, 0.6) is 11.5 Å². The smallest absolute Gasteiger partial charge is 0.408 e. The van der Waals surface area contributed by atoms with Crippen LogP contribution in [0.2, 0.25) is 0 Å². The average Bonchev–Trinajstić information content (AvgIpc) is 3.59. The minimum Gasteiger partial charge on any atom is -0.495 e. The summed E-state index contributed by atoms with van der Waals surface area (Å²) >= 11 is 5.13. The van der Waals surface area contributed by atoms with Gasteiger partial charge in [-0.05, 0) is 93.3 Å². The predicted octanol–water partition coefficient (Wildman–Crippen LogP) is 6.82. The van der Waals surface area contributed by atoms with Crippen molar-refractivity contribution in [3.05, 3.63) is 40.2 Å². The molecule has 7 rings (SSSR count). The van der Waals surface area contributed by atoms with Gasteiger partial charge in [0.25, 0.3) is 0 Å². The third-order valence-corrected chi connectivity index (χ3v) is 12.6. The molecule has 0 unspecified atom stereocenters. The number of anilines is 1. The number of allylic oxidation sites excluding steroid dienone is 1. The van der Waals surface area contributed by atoms with E-state index in [9.17, 15) is 24.3 Å². The SMILES string of the molecule is COc1ccc2c(O[C@@H]3C[C@H]4C(=O)N[C@]5(C(=O)O)C[C@H]5/C=C\CCCCC[C@H](NC(=O)OC5CCCC5)C(=O)N4C3)cc(-c3csc(NC(C)C)n3)nc2c1Br. The van der Waals surface area contributed by atoms with Crippen LogP contribution in [0.3, 0.4) is 0 Å². The number of carbonyl (C=O) groups excluding carboxylic acids is 3. The number of nitrogens with one attached hydrogen (secondary N) is 3. The molecule has 3 fully saturated rings. The van der Waals surface area contributed by atoms with Gasteiger partial charge in [-0.25, -0.2) is 19.6 Å². The first-order chi connectivity index (χ1) is 26.9. The normalized spacial score (nSPS) is 26.4. The predicted molar refractivity (Wildman–Crippen MR) is 215 cm³/mol. The summed E-state index contributed by atoms with van der Waals surface area (Å²) in [6, 6.07) is 3.63. The molecule has 2 aliphatic heterocycles. The quantitative estimate of drug-likeness (QED) is 0.166. The van der Waals surface area contributed by atoms with E-state index in [1.54, 1.807) is 19.2 Å². The fraction of sp³-hybridized carbons (Fsp3) is 0.550. The number of fused-ring (bicyclic) bond motifs is 3. The zero-order valence-electron chi connectivity index (χ0n) is 31.8. The van der Waals surface area contributed by atoms with Crippen LogP contribution in [-0.2, 0) is 19.1 Å². The van der Waals surface area contributed by atoms with Gasteiger partial charge in [-0.15, -0.1) is 11.3 Å². The molecular weight excluding hydrogens is 804 g/mol. The number of methoxy groups -OCH3 is 1. The molecule has 1 aromatic carbocycles. The van der Waals surface area contributed by atoms with Crippen molar-refractivity contribution in [2.24, 2.45) is 5.92 Å². The Hall–Kier alpha value is -4.44. The number of aromatic nitrogens is 2. The molecule has 2 saturated carbocycles. The van der Waals surface area contributed by atoms with E-state index < -0.39 is 47.6 Å². The van der Waals surface area contributed by atoms with Crippen LogP contribution in [0.25, 0.3) is 22.3 Å². The van der Waals surface area contributed by atoms with Gasteiger partial charge in [0.2, 0.25) is 11.8 Å². The number of hydrogen-bond donors (Lipinski definition) is 4. The summed E-state index contributed by atoms with van der Waals surface area (Å²) in [5.41, 5.74) is 0.310. The first-order valence-electron chi connectivity index (χ1n) is 19.5. The maximum atomic E-state index is 14.6. The van der Waals surface area contributed by atoms with Crippen LogP contribution in [0, 0.1) is 5.92 Å². The Bertz CT molecular complexity index is 2000. The monoisotopic (exact) mass is 852 g/mol. The first-order valence-corrected chi connectivity index (χ1v) is 21.2. The van der Waals surface area contributed by atoms with E-state index >= 15 is 0 Å². The zero-order chi connectivity index (χ0) is 39.6. The van der Waals surface area contributed by atoms with Crippen molar-refractivity contribution in [2.75, 3.05) is 19.0 Å². The third-order valence-electron chi connectivity index (χ3n) is 11.0. The lowest BCUT2D eigenvalue weighted by Crippen LogP contribution is -2.56. The highest BCUT2D eigenvalue weighted by molar-refractivity contribution is 9.10. The van der Waals surface area contributed by atoms with Crippen molar-refractivity contribution < 1.29 is 38.5 Å². The second-order valence-corrected chi connectivity index (χ2v) is 17.1. The molecule has 4 aliphatic rings. The molecule has 2 aromatic heterocycles. The highest BCUT2D eigenvalue weighted by Gasteiger charge is 2.61. The number of alkyl carbamates (subject to hydrolysis) is 1. The number of nitrogens with zero attached hydrogens (tertiary/aromatic N) is 3. The Labute approximate surface area is 338 Å². The van der Waals surface area contributed by atoms with Crippen molar-refractivity contribution >= 4 is 67.2 Å². The van der Waals surface area contributed by atoms with E-state index in [4.69, 9.17) is 24.2 Å². The summed E-state index contributed by atoms with van der Waals surface area (Å²) in [6.45, 7) is 4.09. The van der Waals surface area contributed by atoms with E-state index in [0.717, 1.165) is 50.1 Å². The van der Waals surface area contributed by atoms with E-state index in [-0.39, 0.29) is 37.5 Å². The maximum Gasteiger partial charge on any atom is 0.408 e. The minimum atomic E-state index is -1.46. The summed E-state index contributed by atoms with van der Waals surface area (Å²) in [5, 5.41) is 22.6. The van der Waals surface area contributed by atoms with Crippen LogP contribution in [-0.4, -0.2) is 93.4 Å². The highest BCUT2D eigenvalue weighted by atomic mass is 79.9. The summed E-state index contributed by atoms with van der Waals surface area (Å²) in [5.74, 6) is -1.45. The standard InChI is InChI=1S/C40H49BrN6O8S/c1-22(2)42-38-44-29(21-56-38)28-18-32(26-15-16-31(53-3)33(41)34(26)43-28)54-25-17-30-35(48)46-40(37(50)51)19-23(40)11-7-5-4-6-8-14-27(36(49)47(30)20-25)45-39(52)55-24-12-9-10-13-24/h7,11,15-16,18,21-25,27,30H,4-6,8-10,12-14,17,19-20H2,1-3H3,(H,42,44)(H,45,52)(H,46,48)(H,50,51)/b11-7-/t23-,25-,27+,30+,40-/m1/s1. The number of aliphatic carboxylic acids is 1. The number of carbonyl (C=O) groups is 4. The van der Waals surface area contributed by atoms with Crippen LogP contribution in [0.15, 0.2) is 40.2 Å². The third kappa shape index (κ3) is 8.60. The number of benzene rings is 1. The summed E-state index contributed by atoms with van der Waals surface area (Å²) in [7, 11) is 1.57. The molecule has 3 amide bonds. The Morgan fingerprint density at radius 3 is 2.59 bits per heavy atom. The topological polar surface area (TPSA) is 181 Å². The average molecular weight is 854 g/mol. The number of carboxylic acids is 1. The summed E-state index contributed by atoms with van der Waals surface area (Å²) in [6.07, 6.45) is 9.63. The van der Waals surface area contributed by atoms with Crippen LogP contribution in [0.4, 0.5) is 9.93 Å². The lowest BCUT2D eigenvalue weighted by atomic mass is 10.0. The van der Waals surface area contributed by atoms with Gasteiger partial charge in [0.05, 0.1) is 29.3 Å². The van der Waals surface area contributed by atoms with Gasteiger partial charge in [0.1, 0.15) is 47.0 Å². The summed E-state index contributed by atoms with van der Waals surface area (Å²) in [4.78, 5) is 65.7. The van der Waals surface area contributed by atoms with E-state index in [0.29, 0.717) is 51.1 Å². The number of amides is 3. The molecule has 5 atom stereocenters.